The van der Waals surface area contributed by atoms with E-state index >= 15 is 0 Å². The van der Waals surface area contributed by atoms with Gasteiger partial charge in [-0.25, -0.2) is 4.39 Å². The van der Waals surface area contributed by atoms with Gasteiger partial charge in [-0.2, -0.15) is 5.10 Å². The first-order chi connectivity index (χ1) is 10.0. The van der Waals surface area contributed by atoms with E-state index < -0.39 is 5.82 Å². The molecule has 114 valence electrons. The van der Waals surface area contributed by atoms with Crippen LogP contribution in [0.1, 0.15) is 18.5 Å². The number of hydrogen-bond donors (Lipinski definition) is 1. The van der Waals surface area contributed by atoms with Crippen LogP contribution in [-0.2, 0) is 11.3 Å². The summed E-state index contributed by atoms with van der Waals surface area (Å²) in [5.41, 5.74) is 1.47. The molecule has 0 radical (unpaired) electrons. The van der Waals surface area contributed by atoms with Crippen molar-refractivity contribution in [3.05, 3.63) is 46.0 Å². The van der Waals surface area contributed by atoms with Crippen LogP contribution in [0.2, 0.25) is 10.0 Å². The van der Waals surface area contributed by atoms with E-state index in [-0.39, 0.29) is 11.1 Å². The number of methoxy groups -OCH3 is 1. The molecule has 1 heterocycles. The Kier molecular flexibility index (Phi) is 5.45. The molecule has 21 heavy (non-hydrogen) atoms. The van der Waals surface area contributed by atoms with Gasteiger partial charge in [-0.1, -0.05) is 23.2 Å². The zero-order chi connectivity index (χ0) is 15.4. The average Bonchev–Trinajstić information content (AvgIpc) is 2.88. The van der Waals surface area contributed by atoms with Gasteiger partial charge in [0.1, 0.15) is 5.82 Å². The fraction of sp³-hybridized carbons (Fsp3) is 0.357. The van der Waals surface area contributed by atoms with Gasteiger partial charge in [0.15, 0.2) is 0 Å². The van der Waals surface area contributed by atoms with Gasteiger partial charge in [0.05, 0.1) is 36.1 Å². The van der Waals surface area contributed by atoms with Crippen LogP contribution in [0.4, 0.5) is 10.1 Å². The number of nitrogens with zero attached hydrogens (tertiary/aromatic N) is 2. The molecule has 0 aliphatic carbocycles. The van der Waals surface area contributed by atoms with E-state index in [2.05, 4.69) is 10.4 Å². The van der Waals surface area contributed by atoms with Crippen molar-refractivity contribution in [2.24, 2.45) is 0 Å². The summed E-state index contributed by atoms with van der Waals surface area (Å²) < 4.78 is 20.3. The van der Waals surface area contributed by atoms with Crippen LogP contribution in [0.5, 0.6) is 0 Å². The summed E-state index contributed by atoms with van der Waals surface area (Å²) in [5, 5.41) is 7.87. The number of benzene rings is 1. The van der Waals surface area contributed by atoms with Crippen LogP contribution in [0.15, 0.2) is 24.5 Å². The van der Waals surface area contributed by atoms with Crippen LogP contribution in [0.25, 0.3) is 0 Å². The molecule has 0 amide bonds. The average molecular weight is 332 g/mol. The zero-order valence-corrected chi connectivity index (χ0v) is 13.2. The minimum absolute atomic E-state index is 0.0170. The first-order valence-electron chi connectivity index (χ1n) is 6.43. The summed E-state index contributed by atoms with van der Waals surface area (Å²) in [6, 6.07) is 2.58. The molecule has 0 saturated heterocycles. The standard InChI is InChI=1S/C14H16Cl2FN3O/c1-9(11-5-14(17)13(16)6-12(11)15)19-10-7-18-20(8-10)3-4-21-2/h5-9,19H,3-4H2,1-2H3. The van der Waals surface area contributed by atoms with E-state index in [0.29, 0.717) is 23.7 Å². The Labute approximate surface area is 132 Å². The number of anilines is 1. The van der Waals surface area contributed by atoms with Crippen molar-refractivity contribution in [3.63, 3.8) is 0 Å². The zero-order valence-electron chi connectivity index (χ0n) is 11.7. The maximum absolute atomic E-state index is 13.6. The minimum Gasteiger partial charge on any atom is -0.383 e. The Balaban J connectivity index is 2.09. The molecule has 0 bridgehead atoms. The van der Waals surface area contributed by atoms with Crippen molar-refractivity contribution in [2.75, 3.05) is 19.0 Å². The lowest BCUT2D eigenvalue weighted by Gasteiger charge is -2.16. The van der Waals surface area contributed by atoms with Gasteiger partial charge in [0.25, 0.3) is 0 Å². The smallest absolute Gasteiger partial charge is 0.142 e. The molecule has 1 aromatic heterocycles. The number of ether oxygens (including phenoxy) is 1. The maximum atomic E-state index is 13.6. The Hall–Kier alpha value is -1.30. The first kappa shape index (κ1) is 16.1. The fourth-order valence-electron chi connectivity index (χ4n) is 1.94. The molecule has 0 aliphatic rings. The summed E-state index contributed by atoms with van der Waals surface area (Å²) in [5.74, 6) is -0.486. The highest BCUT2D eigenvalue weighted by molar-refractivity contribution is 6.35. The van der Waals surface area contributed by atoms with E-state index in [4.69, 9.17) is 27.9 Å². The van der Waals surface area contributed by atoms with Gasteiger partial charge < -0.3 is 10.1 Å². The fourth-order valence-corrected chi connectivity index (χ4v) is 2.49. The highest BCUT2D eigenvalue weighted by atomic mass is 35.5. The third-order valence-corrected chi connectivity index (χ3v) is 3.66. The number of aromatic nitrogens is 2. The van der Waals surface area contributed by atoms with Crippen LogP contribution in [0, 0.1) is 5.82 Å². The molecule has 0 spiro atoms. The van der Waals surface area contributed by atoms with Crippen LogP contribution in [0.3, 0.4) is 0 Å². The second kappa shape index (κ2) is 7.11. The quantitative estimate of drug-likeness (QED) is 0.808. The predicted molar refractivity (Wildman–Crippen MR) is 82.6 cm³/mol. The maximum Gasteiger partial charge on any atom is 0.142 e. The van der Waals surface area contributed by atoms with E-state index in [1.807, 2.05) is 13.1 Å². The lowest BCUT2D eigenvalue weighted by Crippen LogP contribution is -2.08. The summed E-state index contributed by atoms with van der Waals surface area (Å²) in [7, 11) is 1.64. The summed E-state index contributed by atoms with van der Waals surface area (Å²) >= 11 is 11.8. The highest BCUT2D eigenvalue weighted by Gasteiger charge is 2.14. The van der Waals surface area contributed by atoms with E-state index in [1.54, 1.807) is 18.0 Å². The van der Waals surface area contributed by atoms with Gasteiger partial charge in [-0.15, -0.1) is 0 Å². The molecular weight excluding hydrogens is 316 g/mol. The number of hydrogen-bond acceptors (Lipinski definition) is 3. The molecule has 0 fully saturated rings. The molecule has 2 aromatic rings. The first-order valence-corrected chi connectivity index (χ1v) is 7.19. The summed E-state index contributed by atoms with van der Waals surface area (Å²) in [6.45, 7) is 3.15. The normalized spacial score (nSPS) is 12.4. The predicted octanol–water partition coefficient (Wildman–Crippen LogP) is 4.15. The molecule has 1 unspecified atom stereocenters. The van der Waals surface area contributed by atoms with Crippen molar-refractivity contribution in [1.82, 2.24) is 9.78 Å². The highest BCUT2D eigenvalue weighted by Crippen LogP contribution is 2.30. The SMILES string of the molecule is COCCn1cc(NC(C)c2cc(F)c(Cl)cc2Cl)cn1. The van der Waals surface area contributed by atoms with Crippen LogP contribution in [-0.4, -0.2) is 23.5 Å². The summed E-state index contributed by atoms with van der Waals surface area (Å²) in [6.07, 6.45) is 3.56. The Bertz CT molecular complexity index is 618. The van der Waals surface area contributed by atoms with Gasteiger partial charge in [0.2, 0.25) is 0 Å². The largest absolute Gasteiger partial charge is 0.383 e. The van der Waals surface area contributed by atoms with Crippen LogP contribution >= 0.6 is 23.2 Å². The van der Waals surface area contributed by atoms with Gasteiger partial charge in [-0.05, 0) is 24.6 Å². The lowest BCUT2D eigenvalue weighted by atomic mass is 10.1. The molecule has 7 heteroatoms. The number of nitrogens with one attached hydrogen (secondary N) is 1. The Morgan fingerprint density at radius 2 is 2.14 bits per heavy atom. The third kappa shape index (κ3) is 4.09. The molecule has 1 N–H and O–H groups in total. The Morgan fingerprint density at radius 1 is 1.38 bits per heavy atom. The minimum atomic E-state index is -0.486. The molecule has 4 nitrogen and oxygen atoms in total. The summed E-state index contributed by atoms with van der Waals surface area (Å²) in [4.78, 5) is 0. The van der Waals surface area contributed by atoms with Crippen LogP contribution < -0.4 is 5.32 Å². The van der Waals surface area contributed by atoms with E-state index in [1.165, 1.54) is 12.1 Å². The monoisotopic (exact) mass is 331 g/mol. The third-order valence-electron chi connectivity index (χ3n) is 3.05. The molecule has 0 saturated carbocycles. The van der Waals surface area contributed by atoms with Crippen molar-refractivity contribution < 1.29 is 9.13 Å². The van der Waals surface area contributed by atoms with Crippen molar-refractivity contribution >= 4 is 28.9 Å². The van der Waals surface area contributed by atoms with E-state index in [9.17, 15) is 4.39 Å². The van der Waals surface area contributed by atoms with E-state index in [0.717, 1.165) is 5.69 Å². The topological polar surface area (TPSA) is 39.1 Å². The molecule has 0 aliphatic heterocycles. The second-order valence-electron chi connectivity index (χ2n) is 4.64. The second-order valence-corrected chi connectivity index (χ2v) is 5.45. The molecule has 1 atom stereocenters. The van der Waals surface area contributed by atoms with Crippen molar-refractivity contribution in [1.29, 1.82) is 0 Å². The van der Waals surface area contributed by atoms with Crippen molar-refractivity contribution in [3.8, 4) is 0 Å². The van der Waals surface area contributed by atoms with Gasteiger partial charge in [-0.3, -0.25) is 4.68 Å². The number of halogens is 3. The van der Waals surface area contributed by atoms with Gasteiger partial charge in [0, 0.05) is 18.3 Å². The van der Waals surface area contributed by atoms with Gasteiger partial charge >= 0.3 is 0 Å². The molecule has 1 aromatic carbocycles. The molecular formula is C14H16Cl2FN3O. The van der Waals surface area contributed by atoms with Crippen molar-refractivity contribution in [2.45, 2.75) is 19.5 Å². The molecule has 2 rings (SSSR count). The number of rotatable bonds is 6. The lowest BCUT2D eigenvalue weighted by molar-refractivity contribution is 0.183. The Morgan fingerprint density at radius 3 is 2.86 bits per heavy atom.